The van der Waals surface area contributed by atoms with Crippen LogP contribution in [-0.4, -0.2) is 14.1 Å². The molecule has 7 aromatic carbocycles. The third-order valence-electron chi connectivity index (χ3n) is 14.5. The van der Waals surface area contributed by atoms with Gasteiger partial charge in [0.15, 0.2) is 0 Å². The first-order valence-electron chi connectivity index (χ1n) is 25.1. The Morgan fingerprint density at radius 3 is 1.79 bits per heavy atom. The van der Waals surface area contributed by atoms with Crippen LogP contribution in [0.2, 0.25) is 0 Å². The molecule has 366 valence electrons. The zero-order chi connectivity index (χ0) is 49.8. The second kappa shape index (κ2) is 19.7. The van der Waals surface area contributed by atoms with Gasteiger partial charge in [-0.05, 0) is 97.6 Å². The molecular weight excluding hydrogens is 1060 g/mol. The third-order valence-corrected chi connectivity index (χ3v) is 14.5. The summed E-state index contributed by atoms with van der Waals surface area (Å²) >= 11 is 0. The fourth-order valence-corrected chi connectivity index (χ4v) is 10.3. The number of imidazole rings is 1. The van der Waals surface area contributed by atoms with Crippen molar-refractivity contribution in [2.75, 3.05) is 0 Å². The maximum Gasteiger partial charge on any atom is 0.267 e. The number of aromatic nitrogens is 4. The van der Waals surface area contributed by atoms with E-state index in [9.17, 15) is 0 Å². The van der Waals surface area contributed by atoms with Crippen LogP contribution in [0.25, 0.3) is 50.3 Å². The average molecular weight is 1120 g/mol. The van der Waals surface area contributed by atoms with Crippen LogP contribution in [-0.2, 0) is 37.3 Å². The molecule has 0 aliphatic heterocycles. The molecule has 0 N–H and O–H groups in total. The van der Waals surface area contributed by atoms with Crippen LogP contribution in [0.3, 0.4) is 0 Å². The SMILES string of the molecule is CC(C)c1cccc(C(C)C)c1-c1cn(-c2[c-]c(Oc3[c-]c4c(c(C(C)(C)C)c3)c3ccccc3n4-c3cc(C(C)(C)c4ccccc4)ccn3)ccc2)[c-][n+]1-c1cccc(C(C)(C)c2ccccc2)c1.[Pt]. The summed E-state index contributed by atoms with van der Waals surface area (Å²) in [5, 5.41) is 2.30. The fraction of sp³-hybridized carbons (Fsp3) is 0.242. The van der Waals surface area contributed by atoms with Crippen molar-refractivity contribution in [3.05, 3.63) is 234 Å². The minimum Gasteiger partial charge on any atom is -0.510 e. The second-order valence-corrected chi connectivity index (χ2v) is 21.8. The van der Waals surface area contributed by atoms with Crippen LogP contribution in [0.5, 0.6) is 11.5 Å². The van der Waals surface area contributed by atoms with E-state index in [0.29, 0.717) is 23.3 Å². The maximum atomic E-state index is 6.93. The van der Waals surface area contributed by atoms with E-state index in [-0.39, 0.29) is 37.3 Å². The quantitative estimate of drug-likeness (QED) is 0.0903. The minimum atomic E-state index is -0.248. The predicted octanol–water partition coefficient (Wildman–Crippen LogP) is 16.3. The Balaban J connectivity index is 0.00000640. The molecule has 10 rings (SSSR count). The molecule has 72 heavy (non-hydrogen) atoms. The first-order chi connectivity index (χ1) is 34.0. The van der Waals surface area contributed by atoms with Gasteiger partial charge in [0.05, 0.1) is 11.4 Å². The number of hydrogen-bond acceptors (Lipinski definition) is 2. The van der Waals surface area contributed by atoms with Gasteiger partial charge in [-0.3, -0.25) is 4.57 Å². The first kappa shape index (κ1) is 50.1. The van der Waals surface area contributed by atoms with Crippen LogP contribution in [0.1, 0.15) is 127 Å². The van der Waals surface area contributed by atoms with Gasteiger partial charge in [0, 0.05) is 61.3 Å². The largest absolute Gasteiger partial charge is 0.510 e. The van der Waals surface area contributed by atoms with Gasteiger partial charge in [-0.1, -0.05) is 196 Å². The molecule has 0 fully saturated rings. The van der Waals surface area contributed by atoms with Gasteiger partial charge < -0.3 is 13.9 Å². The van der Waals surface area contributed by atoms with Gasteiger partial charge in [0.1, 0.15) is 5.82 Å². The van der Waals surface area contributed by atoms with E-state index in [1.165, 1.54) is 44.5 Å². The number of pyridine rings is 1. The number of para-hydroxylation sites is 1. The van der Waals surface area contributed by atoms with Crippen molar-refractivity contribution in [1.29, 1.82) is 0 Å². The molecule has 0 radical (unpaired) electrons. The van der Waals surface area contributed by atoms with Crippen LogP contribution in [0.4, 0.5) is 0 Å². The fourth-order valence-electron chi connectivity index (χ4n) is 10.3. The maximum absolute atomic E-state index is 6.93. The summed E-state index contributed by atoms with van der Waals surface area (Å²) in [4.78, 5) is 5.04. The summed E-state index contributed by atoms with van der Waals surface area (Å²) in [5.41, 5.74) is 14.1. The average Bonchev–Trinajstić information content (AvgIpc) is 3.96. The molecule has 6 heteroatoms. The molecule has 3 aromatic heterocycles. The Morgan fingerprint density at radius 1 is 0.569 bits per heavy atom. The Bertz CT molecular complexity index is 3530. The summed E-state index contributed by atoms with van der Waals surface area (Å²) in [6.07, 6.45) is 7.95. The van der Waals surface area contributed by atoms with Crippen molar-refractivity contribution >= 4 is 21.8 Å². The van der Waals surface area contributed by atoms with Gasteiger partial charge >= 0.3 is 0 Å². The first-order valence-corrected chi connectivity index (χ1v) is 25.1. The van der Waals surface area contributed by atoms with Gasteiger partial charge in [-0.15, -0.1) is 29.8 Å². The summed E-state index contributed by atoms with van der Waals surface area (Å²) in [7, 11) is 0. The van der Waals surface area contributed by atoms with Gasteiger partial charge in [-0.2, -0.15) is 12.1 Å². The third kappa shape index (κ3) is 9.29. The molecule has 0 amide bonds. The van der Waals surface area contributed by atoms with E-state index in [2.05, 4.69) is 266 Å². The summed E-state index contributed by atoms with van der Waals surface area (Å²) < 4.78 is 13.5. The molecule has 0 saturated carbocycles. The van der Waals surface area contributed by atoms with E-state index in [1.807, 2.05) is 18.3 Å². The topological polar surface area (TPSA) is 35.9 Å². The van der Waals surface area contributed by atoms with Gasteiger partial charge in [-0.25, -0.2) is 4.98 Å². The number of ether oxygens (including phenoxy) is 1. The number of rotatable bonds is 12. The number of nitrogens with zero attached hydrogens (tertiary/aromatic N) is 4. The van der Waals surface area contributed by atoms with Crippen LogP contribution in [0.15, 0.2) is 176 Å². The Kier molecular flexibility index (Phi) is 13.7. The van der Waals surface area contributed by atoms with E-state index in [0.717, 1.165) is 44.7 Å². The van der Waals surface area contributed by atoms with Gasteiger partial charge in [0.2, 0.25) is 0 Å². The molecule has 5 nitrogen and oxygen atoms in total. The Hall–Kier alpha value is -6.81. The summed E-state index contributed by atoms with van der Waals surface area (Å²) in [6.45, 7) is 25.1. The zero-order valence-corrected chi connectivity index (χ0v) is 45.7. The van der Waals surface area contributed by atoms with E-state index in [4.69, 9.17) is 9.72 Å². The number of fused-ring (bicyclic) bond motifs is 3. The molecule has 0 aliphatic rings. The van der Waals surface area contributed by atoms with Crippen molar-refractivity contribution in [2.24, 2.45) is 0 Å². The molecule has 10 aromatic rings. The molecule has 0 atom stereocenters. The molecule has 0 unspecified atom stereocenters. The van der Waals surface area contributed by atoms with Crippen molar-refractivity contribution in [3.8, 4) is 39.9 Å². The molecular formula is C66H64N4OPt-2. The van der Waals surface area contributed by atoms with Crippen molar-refractivity contribution < 1.29 is 30.4 Å². The molecule has 0 aliphatic carbocycles. The Labute approximate surface area is 441 Å². The van der Waals surface area contributed by atoms with Crippen molar-refractivity contribution in [1.82, 2.24) is 14.1 Å². The molecule has 0 bridgehead atoms. The van der Waals surface area contributed by atoms with Crippen molar-refractivity contribution in [3.63, 3.8) is 0 Å². The molecule has 0 saturated heterocycles. The van der Waals surface area contributed by atoms with Gasteiger partial charge in [0.25, 0.3) is 6.33 Å². The van der Waals surface area contributed by atoms with E-state index in [1.54, 1.807) is 0 Å². The molecule has 0 spiro atoms. The second-order valence-electron chi connectivity index (χ2n) is 21.8. The van der Waals surface area contributed by atoms with E-state index >= 15 is 0 Å². The standard InChI is InChI=1S/C66H64N4O.Pt/c1-44(2)54-32-22-33-55(45(3)4)62(54)60-42-68(43-69(60)51-29-20-27-48(37-51)65(8,9)46-23-14-12-15-24-46)50-28-21-30-52(39-50)71-53-40-57(64(5,6)7)63-56-31-18-19-34-58(56)70(59(63)41-53)61-38-49(35-36-67-61)66(10,11)47-25-16-13-17-26-47;/h12-38,40,42,44-45H,1-11H3;/q-2;. The van der Waals surface area contributed by atoms with Crippen LogP contribution >= 0.6 is 0 Å². The zero-order valence-electron chi connectivity index (χ0n) is 43.4. The summed E-state index contributed by atoms with van der Waals surface area (Å²) in [6, 6.07) is 65.8. The van der Waals surface area contributed by atoms with Crippen molar-refractivity contribution in [2.45, 2.75) is 104 Å². The van der Waals surface area contributed by atoms with Crippen LogP contribution < -0.4 is 9.30 Å². The van der Waals surface area contributed by atoms with Crippen LogP contribution in [0, 0.1) is 18.5 Å². The smallest absolute Gasteiger partial charge is 0.267 e. The van der Waals surface area contributed by atoms with E-state index < -0.39 is 0 Å². The number of benzene rings is 7. The predicted molar refractivity (Wildman–Crippen MR) is 292 cm³/mol. The monoisotopic (exact) mass is 1120 g/mol. The minimum absolute atomic E-state index is 0. The number of hydrogen-bond donors (Lipinski definition) is 0. The summed E-state index contributed by atoms with van der Waals surface area (Å²) in [5.74, 6) is 2.63. The Morgan fingerprint density at radius 2 is 1.15 bits per heavy atom. The molecule has 3 heterocycles. The normalized spacial score (nSPS) is 12.2.